The molecule has 0 unspecified atom stereocenters. The Labute approximate surface area is 90.7 Å². The highest BCUT2D eigenvalue weighted by atomic mass is 35.5. The molecule has 2 aromatic heterocycles. The van der Waals surface area contributed by atoms with Gasteiger partial charge in [-0.05, 0) is 30.8 Å². The van der Waals surface area contributed by atoms with Crippen LogP contribution in [0.25, 0.3) is 10.8 Å². The second kappa shape index (κ2) is 4.13. The standard InChI is InChI=1S/C9H9ClN2OS/c1-11-4-6-5-12-9(14-6)7-2-3-8(10)13-7/h2-3,5,11H,4H2,1H3. The molecule has 0 fully saturated rings. The molecule has 0 atom stereocenters. The first-order chi connectivity index (χ1) is 6.79. The van der Waals surface area contributed by atoms with Crippen molar-refractivity contribution in [2.45, 2.75) is 6.54 Å². The van der Waals surface area contributed by atoms with Crippen molar-refractivity contribution in [3.05, 3.63) is 28.4 Å². The van der Waals surface area contributed by atoms with E-state index in [1.165, 1.54) is 4.88 Å². The highest BCUT2D eigenvalue weighted by molar-refractivity contribution is 7.14. The molecule has 14 heavy (non-hydrogen) atoms. The van der Waals surface area contributed by atoms with Crippen molar-refractivity contribution >= 4 is 22.9 Å². The van der Waals surface area contributed by atoms with Gasteiger partial charge in [-0.15, -0.1) is 11.3 Å². The van der Waals surface area contributed by atoms with Gasteiger partial charge < -0.3 is 9.73 Å². The summed E-state index contributed by atoms with van der Waals surface area (Å²) in [5, 5.41) is 4.32. The first kappa shape index (κ1) is 9.71. The number of hydrogen-bond donors (Lipinski definition) is 1. The largest absolute Gasteiger partial charge is 0.442 e. The van der Waals surface area contributed by atoms with E-state index < -0.39 is 0 Å². The molecule has 2 heterocycles. The van der Waals surface area contributed by atoms with Gasteiger partial charge in [0, 0.05) is 17.6 Å². The predicted octanol–water partition coefficient (Wildman–Crippen LogP) is 2.78. The maximum absolute atomic E-state index is 5.68. The number of nitrogens with zero attached hydrogens (tertiary/aromatic N) is 1. The third kappa shape index (κ3) is 1.97. The SMILES string of the molecule is CNCc1cnc(-c2ccc(Cl)o2)s1. The van der Waals surface area contributed by atoms with Crippen LogP contribution in [-0.4, -0.2) is 12.0 Å². The maximum Gasteiger partial charge on any atom is 0.194 e. The lowest BCUT2D eigenvalue weighted by atomic mass is 10.5. The summed E-state index contributed by atoms with van der Waals surface area (Å²) in [7, 11) is 1.91. The lowest BCUT2D eigenvalue weighted by Gasteiger charge is -1.90. The third-order valence-corrected chi connectivity index (χ3v) is 2.90. The van der Waals surface area contributed by atoms with Crippen molar-refractivity contribution < 1.29 is 4.42 Å². The molecular formula is C9H9ClN2OS. The second-order valence-corrected chi connectivity index (χ2v) is 4.25. The molecule has 5 heteroatoms. The van der Waals surface area contributed by atoms with Crippen LogP contribution in [0.3, 0.4) is 0 Å². The predicted molar refractivity (Wildman–Crippen MR) is 57.6 cm³/mol. The molecule has 0 radical (unpaired) electrons. The van der Waals surface area contributed by atoms with Crippen LogP contribution in [0.5, 0.6) is 0 Å². The number of nitrogens with one attached hydrogen (secondary N) is 1. The van der Waals surface area contributed by atoms with Crippen LogP contribution in [0.1, 0.15) is 4.88 Å². The fourth-order valence-electron chi connectivity index (χ4n) is 1.11. The van der Waals surface area contributed by atoms with Gasteiger partial charge in [0.2, 0.25) is 0 Å². The minimum absolute atomic E-state index is 0.394. The second-order valence-electron chi connectivity index (χ2n) is 2.77. The van der Waals surface area contributed by atoms with Crippen LogP contribution in [0.4, 0.5) is 0 Å². The molecule has 3 nitrogen and oxygen atoms in total. The Bertz CT molecular complexity index is 424. The monoisotopic (exact) mass is 228 g/mol. The zero-order valence-electron chi connectivity index (χ0n) is 7.58. The van der Waals surface area contributed by atoms with Crippen LogP contribution >= 0.6 is 22.9 Å². The van der Waals surface area contributed by atoms with Gasteiger partial charge in [0.25, 0.3) is 0 Å². The van der Waals surface area contributed by atoms with Gasteiger partial charge in [0.1, 0.15) is 0 Å². The summed E-state index contributed by atoms with van der Waals surface area (Å²) in [5.41, 5.74) is 0. The smallest absolute Gasteiger partial charge is 0.194 e. The van der Waals surface area contributed by atoms with Gasteiger partial charge in [-0.1, -0.05) is 0 Å². The van der Waals surface area contributed by atoms with Crippen LogP contribution in [0.15, 0.2) is 22.7 Å². The summed E-state index contributed by atoms with van der Waals surface area (Å²) in [4.78, 5) is 5.42. The molecule has 0 spiro atoms. The summed E-state index contributed by atoms with van der Waals surface area (Å²) in [6.45, 7) is 0.826. The van der Waals surface area contributed by atoms with Gasteiger partial charge in [-0.2, -0.15) is 0 Å². The van der Waals surface area contributed by atoms with E-state index >= 15 is 0 Å². The molecule has 74 valence electrons. The molecule has 2 aromatic rings. The Hall–Kier alpha value is -0.840. The van der Waals surface area contributed by atoms with Crippen molar-refractivity contribution in [3.63, 3.8) is 0 Å². The summed E-state index contributed by atoms with van der Waals surface area (Å²) >= 11 is 7.27. The van der Waals surface area contributed by atoms with E-state index in [0.717, 1.165) is 17.3 Å². The van der Waals surface area contributed by atoms with E-state index in [2.05, 4.69) is 10.3 Å². The number of halogens is 1. The number of hydrogen-bond acceptors (Lipinski definition) is 4. The summed E-state index contributed by atoms with van der Waals surface area (Å²) in [5.74, 6) is 0.724. The quantitative estimate of drug-likeness (QED) is 0.878. The Morgan fingerprint density at radius 3 is 3.07 bits per heavy atom. The normalized spacial score (nSPS) is 10.7. The number of rotatable bonds is 3. The molecule has 0 saturated heterocycles. The zero-order valence-corrected chi connectivity index (χ0v) is 9.15. The van der Waals surface area contributed by atoms with E-state index in [1.807, 2.05) is 19.3 Å². The van der Waals surface area contributed by atoms with Crippen molar-refractivity contribution in [1.29, 1.82) is 0 Å². The molecule has 0 bridgehead atoms. The molecule has 0 amide bonds. The van der Waals surface area contributed by atoms with E-state index in [0.29, 0.717) is 5.22 Å². The zero-order chi connectivity index (χ0) is 9.97. The summed E-state index contributed by atoms with van der Waals surface area (Å²) in [6, 6.07) is 3.54. The average Bonchev–Trinajstić information content (AvgIpc) is 2.74. The molecule has 2 rings (SSSR count). The Morgan fingerprint density at radius 2 is 2.43 bits per heavy atom. The van der Waals surface area contributed by atoms with Crippen molar-refractivity contribution in [2.24, 2.45) is 0 Å². The molecule has 0 aliphatic heterocycles. The van der Waals surface area contributed by atoms with Gasteiger partial charge >= 0.3 is 0 Å². The lowest BCUT2D eigenvalue weighted by molar-refractivity contribution is 0.584. The van der Waals surface area contributed by atoms with Gasteiger partial charge in [-0.25, -0.2) is 4.98 Å². The van der Waals surface area contributed by atoms with Crippen LogP contribution < -0.4 is 5.32 Å². The first-order valence-electron chi connectivity index (χ1n) is 4.14. The molecular weight excluding hydrogens is 220 g/mol. The van der Waals surface area contributed by atoms with Crippen molar-refractivity contribution in [3.8, 4) is 10.8 Å². The van der Waals surface area contributed by atoms with Crippen LogP contribution in [0, 0.1) is 0 Å². The Morgan fingerprint density at radius 1 is 1.57 bits per heavy atom. The van der Waals surface area contributed by atoms with Crippen molar-refractivity contribution in [2.75, 3.05) is 7.05 Å². The molecule has 1 N–H and O–H groups in total. The lowest BCUT2D eigenvalue weighted by Crippen LogP contribution is -2.02. The highest BCUT2D eigenvalue weighted by Gasteiger charge is 2.07. The van der Waals surface area contributed by atoms with Gasteiger partial charge in [0.15, 0.2) is 16.0 Å². The minimum atomic E-state index is 0.394. The molecule has 0 aromatic carbocycles. The van der Waals surface area contributed by atoms with E-state index in [-0.39, 0.29) is 0 Å². The third-order valence-electron chi connectivity index (χ3n) is 1.69. The van der Waals surface area contributed by atoms with E-state index in [4.69, 9.17) is 16.0 Å². The number of thiazole rings is 1. The highest BCUT2D eigenvalue weighted by Crippen LogP contribution is 2.28. The number of aromatic nitrogens is 1. The van der Waals surface area contributed by atoms with Crippen LogP contribution in [0.2, 0.25) is 5.22 Å². The fourth-order valence-corrected chi connectivity index (χ4v) is 2.14. The van der Waals surface area contributed by atoms with Crippen molar-refractivity contribution in [1.82, 2.24) is 10.3 Å². The van der Waals surface area contributed by atoms with Crippen LogP contribution in [-0.2, 0) is 6.54 Å². The van der Waals surface area contributed by atoms with E-state index in [1.54, 1.807) is 17.4 Å². The fraction of sp³-hybridized carbons (Fsp3) is 0.222. The Balaban J connectivity index is 2.24. The summed E-state index contributed by atoms with van der Waals surface area (Å²) in [6.07, 6.45) is 1.84. The number of furan rings is 1. The first-order valence-corrected chi connectivity index (χ1v) is 5.34. The van der Waals surface area contributed by atoms with Gasteiger partial charge in [-0.3, -0.25) is 0 Å². The topological polar surface area (TPSA) is 38.1 Å². The maximum atomic E-state index is 5.68. The average molecular weight is 229 g/mol. The molecule has 0 aliphatic carbocycles. The Kier molecular flexibility index (Phi) is 2.86. The molecule has 0 saturated carbocycles. The molecule has 0 aliphatic rings. The van der Waals surface area contributed by atoms with Gasteiger partial charge in [0.05, 0.1) is 0 Å². The minimum Gasteiger partial charge on any atom is -0.442 e. The summed E-state index contributed by atoms with van der Waals surface area (Å²) < 4.78 is 5.25. The van der Waals surface area contributed by atoms with E-state index in [9.17, 15) is 0 Å².